The fraction of sp³-hybridized carbons (Fsp3) is 0.583. The molecular weight excluding hydrogens is 252 g/mol. The third-order valence-electron chi connectivity index (χ3n) is 2.94. The van der Waals surface area contributed by atoms with Crippen molar-refractivity contribution in [2.45, 2.75) is 39.2 Å². The molecule has 5 nitrogen and oxygen atoms in total. The summed E-state index contributed by atoms with van der Waals surface area (Å²) in [5.74, 6) is 1.71. The number of carbonyl (C=O) groups is 1. The van der Waals surface area contributed by atoms with Crippen LogP contribution in [-0.4, -0.2) is 28.5 Å². The maximum Gasteiger partial charge on any atom is 0.222 e. The minimum absolute atomic E-state index is 0.0642. The summed E-state index contributed by atoms with van der Waals surface area (Å²) in [6, 6.07) is 0.0715. The van der Waals surface area contributed by atoms with Gasteiger partial charge in [-0.05, 0) is 6.92 Å². The molecule has 0 bridgehead atoms. The van der Waals surface area contributed by atoms with Crippen molar-refractivity contribution in [2.24, 2.45) is 0 Å². The molecule has 0 aliphatic carbocycles. The SMILES string of the molecule is Cc1c(Cl)nc(C(C)C)nc1NC1CNC(=O)C1. The Labute approximate surface area is 111 Å². The second kappa shape index (κ2) is 5.10. The van der Waals surface area contributed by atoms with Crippen molar-refractivity contribution in [1.29, 1.82) is 0 Å². The normalized spacial score (nSPS) is 19.2. The van der Waals surface area contributed by atoms with Gasteiger partial charge in [-0.3, -0.25) is 4.79 Å². The molecule has 2 heterocycles. The monoisotopic (exact) mass is 268 g/mol. The van der Waals surface area contributed by atoms with Crippen LogP contribution in [0.4, 0.5) is 5.82 Å². The van der Waals surface area contributed by atoms with Crippen LogP contribution in [0.15, 0.2) is 0 Å². The van der Waals surface area contributed by atoms with Gasteiger partial charge in [-0.2, -0.15) is 0 Å². The Morgan fingerprint density at radius 3 is 2.72 bits per heavy atom. The number of anilines is 1. The summed E-state index contributed by atoms with van der Waals surface area (Å²) in [5, 5.41) is 6.51. The van der Waals surface area contributed by atoms with Crippen LogP contribution in [0, 0.1) is 6.92 Å². The predicted octanol–water partition coefficient (Wildman–Crippen LogP) is 1.86. The summed E-state index contributed by atoms with van der Waals surface area (Å²) in [4.78, 5) is 19.9. The second-order valence-electron chi connectivity index (χ2n) is 4.85. The summed E-state index contributed by atoms with van der Waals surface area (Å²) in [6.45, 7) is 6.53. The van der Waals surface area contributed by atoms with Gasteiger partial charge in [0.1, 0.15) is 16.8 Å². The predicted molar refractivity (Wildman–Crippen MR) is 70.9 cm³/mol. The van der Waals surface area contributed by atoms with Crippen LogP contribution in [-0.2, 0) is 4.79 Å². The molecule has 6 heteroatoms. The molecule has 98 valence electrons. The summed E-state index contributed by atoms with van der Waals surface area (Å²) < 4.78 is 0. The second-order valence-corrected chi connectivity index (χ2v) is 5.21. The lowest BCUT2D eigenvalue weighted by atomic mass is 10.2. The maximum absolute atomic E-state index is 11.2. The van der Waals surface area contributed by atoms with Crippen molar-refractivity contribution < 1.29 is 4.79 Å². The summed E-state index contributed by atoms with van der Waals surface area (Å²) >= 11 is 6.10. The van der Waals surface area contributed by atoms with Crippen molar-refractivity contribution in [1.82, 2.24) is 15.3 Å². The Morgan fingerprint density at radius 2 is 2.17 bits per heavy atom. The molecule has 1 amide bonds. The number of aromatic nitrogens is 2. The topological polar surface area (TPSA) is 66.9 Å². The third-order valence-corrected chi connectivity index (χ3v) is 3.31. The summed E-state index contributed by atoms with van der Waals surface area (Å²) in [7, 11) is 0. The average molecular weight is 269 g/mol. The van der Waals surface area contributed by atoms with Crippen LogP contribution in [0.1, 0.15) is 37.6 Å². The number of hydrogen-bond donors (Lipinski definition) is 2. The van der Waals surface area contributed by atoms with Gasteiger partial charge in [0.25, 0.3) is 0 Å². The van der Waals surface area contributed by atoms with Gasteiger partial charge >= 0.3 is 0 Å². The molecule has 1 aliphatic rings. The van der Waals surface area contributed by atoms with E-state index in [9.17, 15) is 4.79 Å². The number of rotatable bonds is 3. The van der Waals surface area contributed by atoms with Crippen LogP contribution in [0.25, 0.3) is 0 Å². The van der Waals surface area contributed by atoms with Crippen molar-refractivity contribution in [3.8, 4) is 0 Å². The zero-order valence-electron chi connectivity index (χ0n) is 10.7. The fourth-order valence-corrected chi connectivity index (χ4v) is 1.98. The smallest absolute Gasteiger partial charge is 0.222 e. The quantitative estimate of drug-likeness (QED) is 0.822. The number of nitrogens with zero attached hydrogens (tertiary/aromatic N) is 2. The van der Waals surface area contributed by atoms with Gasteiger partial charge in [0.2, 0.25) is 5.91 Å². The van der Waals surface area contributed by atoms with Gasteiger partial charge in [0.15, 0.2) is 0 Å². The van der Waals surface area contributed by atoms with E-state index < -0.39 is 0 Å². The Balaban J connectivity index is 2.23. The number of halogens is 1. The van der Waals surface area contributed by atoms with Gasteiger partial charge in [0, 0.05) is 24.4 Å². The van der Waals surface area contributed by atoms with Crippen molar-refractivity contribution >= 4 is 23.3 Å². The van der Waals surface area contributed by atoms with Gasteiger partial charge in [-0.25, -0.2) is 9.97 Å². The fourth-order valence-electron chi connectivity index (χ4n) is 1.80. The Kier molecular flexibility index (Phi) is 3.71. The first-order valence-electron chi connectivity index (χ1n) is 6.04. The molecule has 1 aliphatic heterocycles. The molecule has 18 heavy (non-hydrogen) atoms. The van der Waals surface area contributed by atoms with E-state index in [4.69, 9.17) is 11.6 Å². The van der Waals surface area contributed by atoms with Crippen LogP contribution < -0.4 is 10.6 Å². The number of carbonyl (C=O) groups excluding carboxylic acids is 1. The number of nitrogens with one attached hydrogen (secondary N) is 2. The third kappa shape index (κ3) is 2.72. The lowest BCUT2D eigenvalue weighted by molar-refractivity contribution is -0.119. The van der Waals surface area contributed by atoms with Crippen LogP contribution in [0.3, 0.4) is 0 Å². The van der Waals surface area contributed by atoms with Crippen molar-refractivity contribution in [3.63, 3.8) is 0 Å². The summed E-state index contributed by atoms with van der Waals surface area (Å²) in [5.41, 5.74) is 0.820. The van der Waals surface area contributed by atoms with E-state index in [2.05, 4.69) is 20.6 Å². The molecule has 0 aromatic carbocycles. The molecule has 1 aromatic rings. The molecule has 0 radical (unpaired) electrons. The van der Waals surface area contributed by atoms with Gasteiger partial charge in [0.05, 0.1) is 6.04 Å². The molecule has 1 atom stereocenters. The lowest BCUT2D eigenvalue weighted by Crippen LogP contribution is -2.24. The first-order valence-corrected chi connectivity index (χ1v) is 6.42. The Morgan fingerprint density at radius 1 is 1.44 bits per heavy atom. The van der Waals surface area contributed by atoms with Crippen molar-refractivity contribution in [2.75, 3.05) is 11.9 Å². The number of hydrogen-bond acceptors (Lipinski definition) is 4. The van der Waals surface area contributed by atoms with Gasteiger partial charge < -0.3 is 10.6 Å². The molecule has 1 aromatic heterocycles. The minimum atomic E-state index is 0.0642. The average Bonchev–Trinajstić information content (AvgIpc) is 2.70. The molecule has 2 rings (SSSR count). The van der Waals surface area contributed by atoms with Crippen LogP contribution >= 0.6 is 11.6 Å². The molecule has 1 saturated heterocycles. The van der Waals surface area contributed by atoms with E-state index in [1.54, 1.807) is 0 Å². The standard InChI is InChI=1S/C12H17ClN4O/c1-6(2)11-16-10(13)7(3)12(17-11)15-8-4-9(18)14-5-8/h6,8H,4-5H2,1-3H3,(H,14,18)(H,15,16,17). The van der Waals surface area contributed by atoms with E-state index >= 15 is 0 Å². The van der Waals surface area contributed by atoms with Crippen molar-refractivity contribution in [3.05, 3.63) is 16.5 Å². The molecular formula is C12H17ClN4O. The van der Waals surface area contributed by atoms with Gasteiger partial charge in [-0.15, -0.1) is 0 Å². The highest BCUT2D eigenvalue weighted by molar-refractivity contribution is 6.30. The largest absolute Gasteiger partial charge is 0.365 e. The number of amides is 1. The minimum Gasteiger partial charge on any atom is -0.365 e. The molecule has 1 fully saturated rings. The highest BCUT2D eigenvalue weighted by Crippen LogP contribution is 2.24. The zero-order chi connectivity index (χ0) is 13.3. The van der Waals surface area contributed by atoms with Gasteiger partial charge in [-0.1, -0.05) is 25.4 Å². The Bertz CT molecular complexity index is 475. The van der Waals surface area contributed by atoms with Crippen LogP contribution in [0.5, 0.6) is 0 Å². The maximum atomic E-state index is 11.2. The van der Waals surface area contributed by atoms with E-state index in [1.165, 1.54) is 0 Å². The lowest BCUT2D eigenvalue weighted by Gasteiger charge is -2.16. The first-order chi connectivity index (χ1) is 8.47. The molecule has 0 saturated carbocycles. The zero-order valence-corrected chi connectivity index (χ0v) is 11.5. The highest BCUT2D eigenvalue weighted by atomic mass is 35.5. The highest BCUT2D eigenvalue weighted by Gasteiger charge is 2.23. The first kappa shape index (κ1) is 13.1. The molecule has 0 spiro atoms. The van der Waals surface area contributed by atoms with E-state index in [0.717, 1.165) is 11.4 Å². The molecule has 2 N–H and O–H groups in total. The molecule has 1 unspecified atom stereocenters. The van der Waals surface area contributed by atoms with E-state index in [1.807, 2.05) is 20.8 Å². The Hall–Kier alpha value is -1.36. The van der Waals surface area contributed by atoms with Crippen LogP contribution in [0.2, 0.25) is 5.15 Å². The summed E-state index contributed by atoms with van der Waals surface area (Å²) in [6.07, 6.45) is 0.470. The van der Waals surface area contributed by atoms with E-state index in [-0.39, 0.29) is 17.9 Å². The van der Waals surface area contributed by atoms with E-state index in [0.29, 0.717) is 23.9 Å².